The van der Waals surface area contributed by atoms with Gasteiger partial charge in [0, 0.05) is 0 Å². The number of rotatable bonds is 2. The van der Waals surface area contributed by atoms with Crippen molar-refractivity contribution < 1.29 is 14.3 Å². The molecule has 0 aromatic rings. The smallest absolute Gasteiger partial charge is 0.314 e. The summed E-state index contributed by atoms with van der Waals surface area (Å²) in [5.41, 5.74) is 0. The monoisotopic (exact) mass is 143 g/mol. The Labute approximate surface area is 58.8 Å². The Morgan fingerprint density at radius 3 is 3.20 bits per heavy atom. The quantitative estimate of drug-likeness (QED) is 0.510. The minimum absolute atomic E-state index is 0.163. The molecule has 4 nitrogen and oxygen atoms in total. The Bertz CT molecular complexity index is 164. The third-order valence-corrected chi connectivity index (χ3v) is 1.17. The largest absolute Gasteiger partial charge is 0.479 e. The number of aliphatic imine (C=N–C) groups is 1. The lowest BCUT2D eigenvalue weighted by atomic mass is 10.4. The fraction of sp³-hybridized carbons (Fsp3) is 0.667. The summed E-state index contributed by atoms with van der Waals surface area (Å²) in [5, 5.41) is 0. The van der Waals surface area contributed by atoms with Crippen LogP contribution in [0.5, 0.6) is 0 Å². The topological polar surface area (TPSA) is 47.9 Å². The number of nitrogens with zero attached hydrogens (tertiary/aromatic N) is 1. The average molecular weight is 143 g/mol. The second-order valence-corrected chi connectivity index (χ2v) is 1.88. The van der Waals surface area contributed by atoms with Crippen molar-refractivity contribution in [2.75, 3.05) is 20.3 Å². The minimum atomic E-state index is -0.305. The molecule has 0 N–H and O–H groups in total. The molecule has 0 fully saturated rings. The van der Waals surface area contributed by atoms with Crippen LogP contribution < -0.4 is 0 Å². The zero-order valence-corrected chi connectivity index (χ0v) is 5.79. The Hall–Kier alpha value is -1.06. The molecule has 4 heteroatoms. The molecule has 0 bridgehead atoms. The van der Waals surface area contributed by atoms with Crippen LogP contribution in [0.4, 0.5) is 0 Å². The van der Waals surface area contributed by atoms with Crippen molar-refractivity contribution >= 4 is 11.9 Å². The van der Waals surface area contributed by atoms with Gasteiger partial charge in [-0.1, -0.05) is 0 Å². The van der Waals surface area contributed by atoms with Crippen molar-refractivity contribution in [1.29, 1.82) is 0 Å². The molecule has 1 aliphatic heterocycles. The van der Waals surface area contributed by atoms with E-state index in [-0.39, 0.29) is 12.4 Å². The second-order valence-electron chi connectivity index (χ2n) is 1.88. The van der Waals surface area contributed by atoms with Gasteiger partial charge >= 0.3 is 5.97 Å². The van der Waals surface area contributed by atoms with Crippen molar-refractivity contribution in [3.05, 3.63) is 0 Å². The second kappa shape index (κ2) is 3.20. The predicted octanol–water partition coefficient (Wildman–Crippen LogP) is -0.0218. The van der Waals surface area contributed by atoms with Crippen LogP contribution in [0, 0.1) is 0 Å². The van der Waals surface area contributed by atoms with Crippen molar-refractivity contribution in [3.63, 3.8) is 0 Å². The lowest BCUT2D eigenvalue weighted by Crippen LogP contribution is -2.09. The first-order chi connectivity index (χ1) is 4.83. The SMILES string of the molecule is COC(=O)CC1=NCCO1. The van der Waals surface area contributed by atoms with E-state index in [1.54, 1.807) is 0 Å². The Balaban J connectivity index is 2.30. The third kappa shape index (κ3) is 1.72. The summed E-state index contributed by atoms with van der Waals surface area (Å²) >= 11 is 0. The third-order valence-electron chi connectivity index (χ3n) is 1.17. The molecule has 0 radical (unpaired) electrons. The Morgan fingerprint density at radius 2 is 2.70 bits per heavy atom. The van der Waals surface area contributed by atoms with Crippen LogP contribution in [0.3, 0.4) is 0 Å². The highest BCUT2D eigenvalue weighted by Gasteiger charge is 2.11. The van der Waals surface area contributed by atoms with Crippen LogP contribution in [-0.4, -0.2) is 32.1 Å². The van der Waals surface area contributed by atoms with Gasteiger partial charge in [0.1, 0.15) is 13.0 Å². The highest BCUT2D eigenvalue weighted by molar-refractivity contribution is 5.94. The van der Waals surface area contributed by atoms with Crippen LogP contribution in [0.15, 0.2) is 4.99 Å². The van der Waals surface area contributed by atoms with Crippen LogP contribution in [0.1, 0.15) is 6.42 Å². The Kier molecular flexibility index (Phi) is 2.25. The molecule has 1 heterocycles. The highest BCUT2D eigenvalue weighted by atomic mass is 16.5. The van der Waals surface area contributed by atoms with E-state index in [1.807, 2.05) is 0 Å². The molecule has 0 spiro atoms. The number of carbonyl (C=O) groups excluding carboxylic acids is 1. The molecule has 0 aromatic carbocycles. The van der Waals surface area contributed by atoms with Crippen LogP contribution >= 0.6 is 0 Å². The van der Waals surface area contributed by atoms with E-state index >= 15 is 0 Å². The molecule has 1 rings (SSSR count). The molecule has 56 valence electrons. The fourth-order valence-corrected chi connectivity index (χ4v) is 0.682. The Morgan fingerprint density at radius 1 is 1.90 bits per heavy atom. The van der Waals surface area contributed by atoms with Crippen LogP contribution in [0.25, 0.3) is 0 Å². The maximum absolute atomic E-state index is 10.6. The van der Waals surface area contributed by atoms with Crippen molar-refractivity contribution in [3.8, 4) is 0 Å². The molecule has 0 atom stereocenters. The molecule has 0 unspecified atom stereocenters. The summed E-state index contributed by atoms with van der Waals surface area (Å²) in [7, 11) is 1.35. The lowest BCUT2D eigenvalue weighted by Gasteiger charge is -1.98. The summed E-state index contributed by atoms with van der Waals surface area (Å²) in [4.78, 5) is 14.5. The molecule has 0 amide bonds. The maximum atomic E-state index is 10.6. The van der Waals surface area contributed by atoms with E-state index in [0.717, 1.165) is 0 Å². The molecular weight excluding hydrogens is 134 g/mol. The minimum Gasteiger partial charge on any atom is -0.479 e. The van der Waals surface area contributed by atoms with Crippen molar-refractivity contribution in [1.82, 2.24) is 0 Å². The number of hydrogen-bond acceptors (Lipinski definition) is 4. The molecular formula is C6H9NO3. The molecule has 10 heavy (non-hydrogen) atoms. The summed E-state index contributed by atoms with van der Waals surface area (Å²) in [6, 6.07) is 0. The first-order valence-electron chi connectivity index (χ1n) is 3.06. The number of methoxy groups -OCH3 is 1. The summed E-state index contributed by atoms with van der Waals surface area (Å²) in [6.45, 7) is 1.25. The highest BCUT2D eigenvalue weighted by Crippen LogP contribution is 1.98. The van der Waals surface area contributed by atoms with E-state index in [0.29, 0.717) is 19.0 Å². The zero-order valence-electron chi connectivity index (χ0n) is 5.79. The van der Waals surface area contributed by atoms with Crippen LogP contribution in [0.2, 0.25) is 0 Å². The number of hydrogen-bond donors (Lipinski definition) is 0. The van der Waals surface area contributed by atoms with Gasteiger partial charge in [0.25, 0.3) is 0 Å². The summed E-state index contributed by atoms with van der Waals surface area (Å²) < 4.78 is 9.39. The van der Waals surface area contributed by atoms with Gasteiger partial charge in [0.2, 0.25) is 0 Å². The number of esters is 1. The molecule has 0 aliphatic carbocycles. The van der Waals surface area contributed by atoms with Gasteiger partial charge < -0.3 is 9.47 Å². The average Bonchev–Trinajstić information content (AvgIpc) is 2.40. The molecule has 0 aromatic heterocycles. The zero-order chi connectivity index (χ0) is 7.40. The van der Waals surface area contributed by atoms with Crippen LogP contribution in [-0.2, 0) is 14.3 Å². The standard InChI is InChI=1S/C6H9NO3/c1-9-6(8)4-5-7-2-3-10-5/h2-4H2,1H3. The first kappa shape index (κ1) is 7.05. The summed E-state index contributed by atoms with van der Waals surface area (Å²) in [6.07, 6.45) is 0.163. The van der Waals surface area contributed by atoms with Gasteiger partial charge in [-0.25, -0.2) is 0 Å². The van der Waals surface area contributed by atoms with Gasteiger partial charge in [0.05, 0.1) is 13.7 Å². The van der Waals surface area contributed by atoms with Crippen molar-refractivity contribution in [2.45, 2.75) is 6.42 Å². The summed E-state index contributed by atoms with van der Waals surface area (Å²) in [5.74, 6) is 0.188. The van der Waals surface area contributed by atoms with Gasteiger partial charge in [-0.15, -0.1) is 0 Å². The fourth-order valence-electron chi connectivity index (χ4n) is 0.682. The lowest BCUT2D eigenvalue weighted by molar-refractivity contribution is -0.139. The van der Waals surface area contributed by atoms with Gasteiger partial charge in [-0.2, -0.15) is 0 Å². The van der Waals surface area contributed by atoms with E-state index < -0.39 is 0 Å². The van der Waals surface area contributed by atoms with Crippen molar-refractivity contribution in [2.24, 2.45) is 4.99 Å². The van der Waals surface area contributed by atoms with E-state index in [1.165, 1.54) is 7.11 Å². The van der Waals surface area contributed by atoms with Gasteiger partial charge in [-0.05, 0) is 0 Å². The predicted molar refractivity (Wildman–Crippen MR) is 34.9 cm³/mol. The number of ether oxygens (including phenoxy) is 2. The van der Waals surface area contributed by atoms with Gasteiger partial charge in [-0.3, -0.25) is 9.79 Å². The van der Waals surface area contributed by atoms with E-state index in [9.17, 15) is 4.79 Å². The maximum Gasteiger partial charge on any atom is 0.314 e. The number of carbonyl (C=O) groups is 1. The van der Waals surface area contributed by atoms with E-state index in [2.05, 4.69) is 9.73 Å². The molecule has 0 saturated carbocycles. The van der Waals surface area contributed by atoms with Gasteiger partial charge in [0.15, 0.2) is 5.90 Å². The first-order valence-corrected chi connectivity index (χ1v) is 3.06. The normalized spacial score (nSPS) is 15.9. The van der Waals surface area contributed by atoms with E-state index in [4.69, 9.17) is 4.74 Å². The molecule has 1 aliphatic rings. The molecule has 0 saturated heterocycles.